The first-order valence-electron chi connectivity index (χ1n) is 9.88. The molecule has 1 aliphatic heterocycles. The minimum absolute atomic E-state index is 0.0181. The number of hydrogen-bond donors (Lipinski definition) is 2. The number of amides is 1. The number of ether oxygens (including phenoxy) is 1. The molecule has 2 N–H and O–H groups in total. The van der Waals surface area contributed by atoms with Crippen molar-refractivity contribution in [2.45, 2.75) is 89.9 Å². The highest BCUT2D eigenvalue weighted by atomic mass is 16.5. The van der Waals surface area contributed by atoms with Crippen LogP contribution >= 0.6 is 0 Å². The number of hydrogen-bond acceptors (Lipinski definition) is 5. The van der Waals surface area contributed by atoms with Gasteiger partial charge in [0.15, 0.2) is 0 Å². The maximum atomic E-state index is 13.0. The van der Waals surface area contributed by atoms with Gasteiger partial charge in [0.2, 0.25) is 5.91 Å². The Morgan fingerprint density at radius 3 is 2.62 bits per heavy atom. The summed E-state index contributed by atoms with van der Waals surface area (Å²) in [5, 5.41) is 12.6. The number of fused-ring (bicyclic) bond motifs is 1. The number of carbonyl (C=O) groups excluding carboxylic acids is 2. The summed E-state index contributed by atoms with van der Waals surface area (Å²) in [5.74, 6) is -1.23. The summed E-state index contributed by atoms with van der Waals surface area (Å²) in [6, 6.07) is -1.90. The van der Waals surface area contributed by atoms with E-state index in [9.17, 15) is 19.5 Å². The zero-order valence-electron chi connectivity index (χ0n) is 16.1. The van der Waals surface area contributed by atoms with Crippen molar-refractivity contribution in [2.75, 3.05) is 6.61 Å². The van der Waals surface area contributed by atoms with E-state index in [-0.39, 0.29) is 23.8 Å². The van der Waals surface area contributed by atoms with Gasteiger partial charge in [0.1, 0.15) is 12.1 Å². The summed E-state index contributed by atoms with van der Waals surface area (Å²) >= 11 is 0. The molecule has 1 saturated carbocycles. The molecule has 0 unspecified atom stereocenters. The van der Waals surface area contributed by atoms with Crippen LogP contribution in [0.4, 0.5) is 0 Å². The van der Waals surface area contributed by atoms with Gasteiger partial charge in [-0.25, -0.2) is 4.79 Å². The maximum absolute atomic E-state index is 13.0. The van der Waals surface area contributed by atoms with Gasteiger partial charge >= 0.3 is 11.9 Å². The van der Waals surface area contributed by atoms with E-state index in [1.807, 2.05) is 6.92 Å². The third kappa shape index (κ3) is 4.55. The van der Waals surface area contributed by atoms with Crippen molar-refractivity contribution in [2.24, 2.45) is 5.92 Å². The van der Waals surface area contributed by atoms with Gasteiger partial charge in [-0.2, -0.15) is 0 Å². The Balaban J connectivity index is 2.07. The summed E-state index contributed by atoms with van der Waals surface area (Å²) in [7, 11) is 0. The van der Waals surface area contributed by atoms with Crippen LogP contribution in [0.2, 0.25) is 0 Å². The number of carboxylic acids is 1. The standard InChI is InChI=1S/C19H32N2O5/c1-4-6-9-14(19(25)26-5-2)20-12(3)17(22)21-15-10-7-8-13(15)11-16(21)18(23)24/h12-16,20H,4-11H2,1-3H3,(H,23,24)/t12-,13-,14-,15-,16-/m0/s1. The zero-order chi connectivity index (χ0) is 19.3. The highest BCUT2D eigenvalue weighted by molar-refractivity contribution is 5.88. The van der Waals surface area contributed by atoms with E-state index in [1.165, 1.54) is 0 Å². The van der Waals surface area contributed by atoms with Crippen molar-refractivity contribution >= 4 is 17.8 Å². The second-order valence-electron chi connectivity index (χ2n) is 7.43. The fraction of sp³-hybridized carbons (Fsp3) is 0.842. The number of aliphatic carboxylic acids is 1. The van der Waals surface area contributed by atoms with Gasteiger partial charge in [0.05, 0.1) is 12.6 Å². The Kier molecular flexibility index (Phi) is 7.43. The zero-order valence-corrected chi connectivity index (χ0v) is 16.1. The molecule has 7 nitrogen and oxygen atoms in total. The fourth-order valence-corrected chi connectivity index (χ4v) is 4.34. The molecule has 1 saturated heterocycles. The summed E-state index contributed by atoms with van der Waals surface area (Å²) in [4.78, 5) is 38.4. The van der Waals surface area contributed by atoms with E-state index >= 15 is 0 Å². The van der Waals surface area contributed by atoms with E-state index in [0.717, 1.165) is 32.1 Å². The van der Waals surface area contributed by atoms with Crippen molar-refractivity contribution in [3.8, 4) is 0 Å². The van der Waals surface area contributed by atoms with Crippen molar-refractivity contribution in [3.05, 3.63) is 0 Å². The summed E-state index contributed by atoms with van der Waals surface area (Å²) < 4.78 is 5.12. The molecule has 1 aliphatic carbocycles. The molecular formula is C19H32N2O5. The number of nitrogens with zero attached hydrogens (tertiary/aromatic N) is 1. The molecule has 0 aromatic rings. The van der Waals surface area contributed by atoms with E-state index in [1.54, 1.807) is 18.7 Å². The molecule has 0 radical (unpaired) electrons. The average Bonchev–Trinajstić information content (AvgIpc) is 3.18. The molecule has 0 aromatic carbocycles. The number of carbonyl (C=O) groups is 3. The quantitative estimate of drug-likeness (QED) is 0.604. The molecule has 7 heteroatoms. The molecule has 2 rings (SSSR count). The molecule has 148 valence electrons. The molecule has 26 heavy (non-hydrogen) atoms. The van der Waals surface area contributed by atoms with Gasteiger partial charge in [0, 0.05) is 6.04 Å². The number of nitrogens with one attached hydrogen (secondary N) is 1. The van der Waals surface area contributed by atoms with Gasteiger partial charge in [-0.3, -0.25) is 14.9 Å². The number of carboxylic acid groups (broad SMARTS) is 1. The van der Waals surface area contributed by atoms with Crippen LogP contribution in [0, 0.1) is 5.92 Å². The van der Waals surface area contributed by atoms with Crippen LogP contribution in [0.15, 0.2) is 0 Å². The second kappa shape index (κ2) is 9.35. The smallest absolute Gasteiger partial charge is 0.326 e. The van der Waals surface area contributed by atoms with Gasteiger partial charge in [-0.1, -0.05) is 26.2 Å². The number of unbranched alkanes of at least 4 members (excludes halogenated alkanes) is 1. The molecule has 5 atom stereocenters. The topological polar surface area (TPSA) is 95.9 Å². The van der Waals surface area contributed by atoms with Crippen molar-refractivity contribution < 1.29 is 24.2 Å². The van der Waals surface area contributed by atoms with Crippen LogP contribution in [0.25, 0.3) is 0 Å². The second-order valence-corrected chi connectivity index (χ2v) is 7.43. The Labute approximate surface area is 155 Å². The van der Waals surface area contributed by atoms with E-state index in [0.29, 0.717) is 19.4 Å². The van der Waals surface area contributed by atoms with Crippen molar-refractivity contribution in [1.29, 1.82) is 0 Å². The van der Waals surface area contributed by atoms with Crippen LogP contribution in [-0.4, -0.2) is 58.6 Å². The number of rotatable bonds is 9. The molecule has 1 heterocycles. The lowest BCUT2D eigenvalue weighted by Crippen LogP contribution is -2.55. The Morgan fingerprint density at radius 1 is 1.27 bits per heavy atom. The fourth-order valence-electron chi connectivity index (χ4n) is 4.34. The molecule has 1 amide bonds. The highest BCUT2D eigenvalue weighted by Gasteiger charge is 2.49. The van der Waals surface area contributed by atoms with E-state index in [4.69, 9.17) is 4.74 Å². The monoisotopic (exact) mass is 368 g/mol. The molecule has 2 aliphatic rings. The number of esters is 1. The van der Waals surface area contributed by atoms with Gasteiger partial charge < -0.3 is 14.7 Å². The molecule has 0 bridgehead atoms. The minimum atomic E-state index is -0.937. The SMILES string of the molecule is CCCC[C@H](N[C@@H](C)C(=O)N1[C@H](C(=O)O)C[C@@H]2CCC[C@@H]21)C(=O)OCC. The lowest BCUT2D eigenvalue weighted by Gasteiger charge is -2.31. The molecule has 0 spiro atoms. The van der Waals surface area contributed by atoms with Gasteiger partial charge in [-0.05, 0) is 45.4 Å². The number of likely N-dealkylation sites (tertiary alicyclic amines) is 1. The van der Waals surface area contributed by atoms with Crippen LogP contribution < -0.4 is 5.32 Å². The normalized spacial score (nSPS) is 27.0. The first-order chi connectivity index (χ1) is 12.4. The van der Waals surface area contributed by atoms with Crippen LogP contribution in [0.5, 0.6) is 0 Å². The average molecular weight is 368 g/mol. The van der Waals surface area contributed by atoms with E-state index < -0.39 is 24.1 Å². The molecular weight excluding hydrogens is 336 g/mol. The minimum Gasteiger partial charge on any atom is -0.480 e. The molecule has 0 aromatic heterocycles. The van der Waals surface area contributed by atoms with E-state index in [2.05, 4.69) is 5.32 Å². The van der Waals surface area contributed by atoms with Crippen LogP contribution in [0.1, 0.15) is 65.7 Å². The Morgan fingerprint density at radius 2 is 2.00 bits per heavy atom. The predicted octanol–water partition coefficient (Wildman–Crippen LogP) is 1.94. The van der Waals surface area contributed by atoms with Crippen LogP contribution in [-0.2, 0) is 19.1 Å². The summed E-state index contributed by atoms with van der Waals surface area (Å²) in [6.45, 7) is 5.80. The third-order valence-corrected chi connectivity index (χ3v) is 5.62. The lowest BCUT2D eigenvalue weighted by atomic mass is 10.0. The third-order valence-electron chi connectivity index (χ3n) is 5.62. The van der Waals surface area contributed by atoms with Gasteiger partial charge in [-0.15, -0.1) is 0 Å². The summed E-state index contributed by atoms with van der Waals surface area (Å²) in [5.41, 5.74) is 0. The highest BCUT2D eigenvalue weighted by Crippen LogP contribution is 2.41. The Hall–Kier alpha value is -1.63. The lowest BCUT2D eigenvalue weighted by molar-refractivity contribution is -0.151. The van der Waals surface area contributed by atoms with Gasteiger partial charge in [0.25, 0.3) is 0 Å². The first-order valence-corrected chi connectivity index (χ1v) is 9.88. The van der Waals surface area contributed by atoms with Crippen LogP contribution in [0.3, 0.4) is 0 Å². The van der Waals surface area contributed by atoms with Crippen molar-refractivity contribution in [1.82, 2.24) is 10.2 Å². The molecule has 2 fully saturated rings. The van der Waals surface area contributed by atoms with Crippen molar-refractivity contribution in [3.63, 3.8) is 0 Å². The largest absolute Gasteiger partial charge is 0.480 e. The maximum Gasteiger partial charge on any atom is 0.326 e. The predicted molar refractivity (Wildman–Crippen MR) is 96.6 cm³/mol. The Bertz CT molecular complexity index is 524. The first kappa shape index (κ1) is 20.7. The summed E-state index contributed by atoms with van der Waals surface area (Å²) in [6.07, 6.45) is 5.82.